The second kappa shape index (κ2) is 6.47. The van der Waals surface area contributed by atoms with Gasteiger partial charge in [-0.25, -0.2) is 5.10 Å². The van der Waals surface area contributed by atoms with Gasteiger partial charge in [0.1, 0.15) is 0 Å². The summed E-state index contributed by atoms with van der Waals surface area (Å²) in [5.41, 5.74) is 2.23. The van der Waals surface area contributed by atoms with Crippen LogP contribution in [0, 0.1) is 12.1 Å². The average molecular weight is 271 g/mol. The van der Waals surface area contributed by atoms with E-state index in [1.165, 1.54) is 5.56 Å². The second-order valence-electron chi connectivity index (χ2n) is 5.52. The molecule has 21 heavy (non-hydrogen) atoms. The normalized spacial score (nSPS) is 12.4. The summed E-state index contributed by atoms with van der Waals surface area (Å²) in [5, 5.41) is 5.54. The van der Waals surface area contributed by atoms with Crippen LogP contribution in [0.5, 0.6) is 0 Å². The largest absolute Gasteiger partial charge is 1.00 e. The molecule has 0 amide bonds. The van der Waals surface area contributed by atoms with Crippen LogP contribution in [-0.2, 0) is 0 Å². The van der Waals surface area contributed by atoms with Crippen LogP contribution in [0.25, 0.3) is 16.7 Å². The van der Waals surface area contributed by atoms with E-state index >= 15 is 0 Å². The van der Waals surface area contributed by atoms with Crippen LogP contribution in [0.4, 0.5) is 0 Å². The number of fused-ring (bicyclic) bond motifs is 1. The molecule has 3 aromatic rings. The van der Waals surface area contributed by atoms with Gasteiger partial charge in [0.05, 0.1) is 5.82 Å². The fraction of sp³-hybridized carbons (Fsp3) is 0.294. The maximum atomic E-state index is 4.53. The molecule has 0 N–H and O–H groups in total. The van der Waals surface area contributed by atoms with Crippen molar-refractivity contribution in [2.45, 2.75) is 26.7 Å². The van der Waals surface area contributed by atoms with Gasteiger partial charge in [0.25, 0.3) is 0 Å². The molecule has 1 atom stereocenters. The van der Waals surface area contributed by atoms with Crippen molar-refractivity contribution < 1.29 is 18.9 Å². The molecule has 0 saturated heterocycles. The van der Waals surface area contributed by atoms with Crippen molar-refractivity contribution in [3.63, 3.8) is 0 Å². The third kappa shape index (κ3) is 3.20. The molecule has 1 unspecified atom stereocenters. The molecule has 2 aromatic heterocycles. The summed E-state index contributed by atoms with van der Waals surface area (Å²) in [6, 6.07) is 12.2. The SMILES string of the molecule is CC(C)C(C)c1ccnc(-n2[c-]c3ccccc3n2)c1.[Li+]. The molecule has 0 saturated carbocycles. The third-order valence-corrected chi connectivity index (χ3v) is 3.85. The van der Waals surface area contributed by atoms with E-state index in [-0.39, 0.29) is 18.9 Å². The first kappa shape index (κ1) is 15.8. The van der Waals surface area contributed by atoms with Gasteiger partial charge in [-0.2, -0.15) is 0 Å². The van der Waals surface area contributed by atoms with Gasteiger partial charge in [-0.1, -0.05) is 39.0 Å². The Morgan fingerprint density at radius 2 is 1.86 bits per heavy atom. The Hall–Kier alpha value is -1.56. The number of benzene rings is 1. The standard InChI is InChI=1S/C17H18N3.Li/c1-12(2)13(3)14-8-9-18-17(10-14)20-11-15-6-4-5-7-16(15)19-20;/h4-10,12-13H,1-3H3;/q-1;+1. The molecule has 0 spiro atoms. The summed E-state index contributed by atoms with van der Waals surface area (Å²) >= 11 is 0. The fourth-order valence-electron chi connectivity index (χ4n) is 2.23. The Bertz CT molecular complexity index is 700. The van der Waals surface area contributed by atoms with E-state index in [9.17, 15) is 0 Å². The fourth-order valence-corrected chi connectivity index (χ4v) is 2.23. The smallest absolute Gasteiger partial charge is 0.311 e. The van der Waals surface area contributed by atoms with Gasteiger partial charge in [-0.05, 0) is 29.7 Å². The number of pyridine rings is 1. The summed E-state index contributed by atoms with van der Waals surface area (Å²) in [6.07, 6.45) is 5.10. The van der Waals surface area contributed by atoms with Gasteiger partial charge >= 0.3 is 18.9 Å². The van der Waals surface area contributed by atoms with Gasteiger partial charge in [-0.15, -0.1) is 17.5 Å². The monoisotopic (exact) mass is 271 g/mol. The minimum atomic E-state index is 0. The van der Waals surface area contributed by atoms with Crippen molar-refractivity contribution >= 4 is 10.9 Å². The zero-order valence-electron chi connectivity index (χ0n) is 13.0. The first-order valence-corrected chi connectivity index (χ1v) is 6.98. The zero-order chi connectivity index (χ0) is 14.1. The van der Waals surface area contributed by atoms with E-state index in [4.69, 9.17) is 0 Å². The molecule has 0 radical (unpaired) electrons. The van der Waals surface area contributed by atoms with Crippen LogP contribution in [0.3, 0.4) is 0 Å². The zero-order valence-corrected chi connectivity index (χ0v) is 13.0. The number of aromatic nitrogens is 3. The van der Waals surface area contributed by atoms with E-state index in [1.54, 1.807) is 4.68 Å². The Balaban J connectivity index is 0.00000161. The molecule has 3 nitrogen and oxygen atoms in total. The van der Waals surface area contributed by atoms with E-state index in [2.05, 4.69) is 49.2 Å². The van der Waals surface area contributed by atoms with Crippen molar-refractivity contribution in [2.24, 2.45) is 5.92 Å². The minimum Gasteiger partial charge on any atom is -0.311 e. The average Bonchev–Trinajstić information content (AvgIpc) is 2.90. The van der Waals surface area contributed by atoms with E-state index in [0.717, 1.165) is 16.7 Å². The summed E-state index contributed by atoms with van der Waals surface area (Å²) < 4.78 is 1.74. The molecule has 0 aliphatic rings. The summed E-state index contributed by atoms with van der Waals surface area (Å²) in [4.78, 5) is 4.42. The molecule has 0 fully saturated rings. The molecule has 0 aliphatic carbocycles. The molecule has 102 valence electrons. The maximum Gasteiger partial charge on any atom is 1.00 e. The number of hydrogen-bond acceptors (Lipinski definition) is 2. The first-order chi connectivity index (χ1) is 9.65. The Kier molecular flexibility index (Phi) is 4.87. The van der Waals surface area contributed by atoms with Crippen molar-refractivity contribution in [2.75, 3.05) is 0 Å². The molecule has 1 aromatic carbocycles. The van der Waals surface area contributed by atoms with Crippen LogP contribution in [0.15, 0.2) is 42.6 Å². The number of rotatable bonds is 3. The van der Waals surface area contributed by atoms with Crippen LogP contribution in [0.1, 0.15) is 32.3 Å². The molecular weight excluding hydrogens is 253 g/mol. The van der Waals surface area contributed by atoms with Crippen molar-refractivity contribution in [3.05, 3.63) is 54.4 Å². The van der Waals surface area contributed by atoms with Crippen LogP contribution >= 0.6 is 0 Å². The third-order valence-electron chi connectivity index (χ3n) is 3.85. The summed E-state index contributed by atoms with van der Waals surface area (Å²) in [5.74, 6) is 1.93. The second-order valence-corrected chi connectivity index (χ2v) is 5.52. The molecular formula is C17H18LiN3. The van der Waals surface area contributed by atoms with Gasteiger partial charge in [0.15, 0.2) is 0 Å². The van der Waals surface area contributed by atoms with Crippen molar-refractivity contribution in [1.82, 2.24) is 14.8 Å². The van der Waals surface area contributed by atoms with E-state index in [1.807, 2.05) is 30.5 Å². The van der Waals surface area contributed by atoms with Crippen molar-refractivity contribution in [1.29, 1.82) is 0 Å². The number of hydrogen-bond donors (Lipinski definition) is 0. The van der Waals surface area contributed by atoms with Crippen LogP contribution in [0.2, 0.25) is 0 Å². The molecule has 0 bridgehead atoms. The Labute approximate surface area is 137 Å². The summed E-state index contributed by atoms with van der Waals surface area (Å²) in [7, 11) is 0. The van der Waals surface area contributed by atoms with E-state index in [0.29, 0.717) is 11.8 Å². The molecule has 3 rings (SSSR count). The van der Waals surface area contributed by atoms with Gasteiger partial charge in [-0.3, -0.25) is 4.98 Å². The predicted molar refractivity (Wildman–Crippen MR) is 81.0 cm³/mol. The Morgan fingerprint density at radius 3 is 2.57 bits per heavy atom. The van der Waals surface area contributed by atoms with E-state index < -0.39 is 0 Å². The first-order valence-electron chi connectivity index (χ1n) is 6.98. The topological polar surface area (TPSA) is 30.7 Å². The minimum absolute atomic E-state index is 0. The van der Waals surface area contributed by atoms with Crippen molar-refractivity contribution in [3.8, 4) is 5.82 Å². The summed E-state index contributed by atoms with van der Waals surface area (Å²) in [6.45, 7) is 6.71. The van der Waals surface area contributed by atoms with Crippen LogP contribution < -0.4 is 18.9 Å². The van der Waals surface area contributed by atoms with Crippen LogP contribution in [-0.4, -0.2) is 14.8 Å². The quantitative estimate of drug-likeness (QED) is 0.525. The predicted octanol–water partition coefficient (Wildman–Crippen LogP) is 0.984. The number of nitrogens with zero attached hydrogens (tertiary/aromatic N) is 3. The van der Waals surface area contributed by atoms with Gasteiger partial charge < -0.3 is 4.68 Å². The molecule has 4 heteroatoms. The Morgan fingerprint density at radius 1 is 1.10 bits per heavy atom. The molecule has 2 heterocycles. The van der Waals surface area contributed by atoms with Gasteiger partial charge in [0, 0.05) is 11.7 Å². The maximum absolute atomic E-state index is 4.53. The van der Waals surface area contributed by atoms with Gasteiger partial charge in [0.2, 0.25) is 0 Å². The molecule has 0 aliphatic heterocycles.